The third kappa shape index (κ3) is 4.54. The molecule has 1 aromatic carbocycles. The van der Waals surface area contributed by atoms with E-state index >= 15 is 0 Å². The van der Waals surface area contributed by atoms with Gasteiger partial charge < -0.3 is 4.90 Å². The first-order valence-electron chi connectivity index (χ1n) is 7.13. The molecule has 0 radical (unpaired) electrons. The molecule has 0 aliphatic rings. The maximum atomic E-state index is 12.6. The first-order valence-corrected chi connectivity index (χ1v) is 8.68. The van der Waals surface area contributed by atoms with E-state index in [1.807, 2.05) is 6.92 Å². The molecule has 5 nitrogen and oxygen atoms in total. The first-order chi connectivity index (χ1) is 9.70. The number of carbonyl (C=O) groups is 1. The Morgan fingerprint density at radius 2 is 1.95 bits per heavy atom. The number of carbonyl (C=O) groups excluding carboxylic acids is 1. The summed E-state index contributed by atoms with van der Waals surface area (Å²) in [6.07, 6.45) is 0.986. The summed E-state index contributed by atoms with van der Waals surface area (Å²) in [4.78, 5) is 14.3. The van der Waals surface area contributed by atoms with Crippen LogP contribution in [0.3, 0.4) is 0 Å². The van der Waals surface area contributed by atoms with Crippen molar-refractivity contribution in [1.29, 1.82) is 0 Å². The normalized spacial score (nSPS) is 13.0. The van der Waals surface area contributed by atoms with Crippen molar-refractivity contribution in [2.24, 2.45) is 11.1 Å². The topological polar surface area (TPSA) is 80.5 Å². The van der Waals surface area contributed by atoms with Gasteiger partial charge in [0.15, 0.2) is 0 Å². The minimum atomic E-state index is -3.81. The highest BCUT2D eigenvalue weighted by atomic mass is 32.2. The molecule has 0 spiro atoms. The van der Waals surface area contributed by atoms with Crippen LogP contribution in [0.25, 0.3) is 0 Å². The lowest BCUT2D eigenvalue weighted by Gasteiger charge is -2.25. The van der Waals surface area contributed by atoms with Crippen LogP contribution in [0.4, 0.5) is 0 Å². The van der Waals surface area contributed by atoms with Gasteiger partial charge in [-0.2, -0.15) is 0 Å². The van der Waals surface area contributed by atoms with E-state index in [0.29, 0.717) is 24.6 Å². The fourth-order valence-corrected chi connectivity index (χ4v) is 2.58. The van der Waals surface area contributed by atoms with Gasteiger partial charge in [-0.25, -0.2) is 13.6 Å². The first kappa shape index (κ1) is 17.7. The van der Waals surface area contributed by atoms with E-state index in [1.54, 1.807) is 17.9 Å². The van der Waals surface area contributed by atoms with E-state index in [0.717, 1.165) is 12.0 Å². The van der Waals surface area contributed by atoms with Gasteiger partial charge >= 0.3 is 0 Å². The molecule has 1 aromatic rings. The second kappa shape index (κ2) is 7.04. The summed E-state index contributed by atoms with van der Waals surface area (Å²) < 4.78 is 22.9. The lowest BCUT2D eigenvalue weighted by atomic mass is 10.1. The molecule has 21 heavy (non-hydrogen) atoms. The van der Waals surface area contributed by atoms with E-state index in [-0.39, 0.29) is 10.8 Å². The summed E-state index contributed by atoms with van der Waals surface area (Å²) in [5, 5.41) is 5.13. The molecule has 0 aliphatic heterocycles. The number of amides is 1. The Balaban J connectivity index is 3.16. The molecule has 0 saturated heterocycles. The Hall–Kier alpha value is -1.40. The van der Waals surface area contributed by atoms with Gasteiger partial charge in [0, 0.05) is 18.7 Å². The lowest BCUT2D eigenvalue weighted by Crippen LogP contribution is -2.35. The maximum Gasteiger partial charge on any atom is 0.254 e. The van der Waals surface area contributed by atoms with Gasteiger partial charge in [0.05, 0.1) is 4.90 Å². The van der Waals surface area contributed by atoms with Crippen molar-refractivity contribution >= 4 is 15.9 Å². The highest BCUT2D eigenvalue weighted by Gasteiger charge is 2.20. The number of nitrogens with two attached hydrogens (primary N) is 1. The molecule has 0 fully saturated rings. The Bertz CT molecular complexity index is 611. The van der Waals surface area contributed by atoms with Crippen LogP contribution in [-0.2, 0) is 10.0 Å². The minimum absolute atomic E-state index is 0.0314. The lowest BCUT2D eigenvalue weighted by molar-refractivity contribution is 0.0740. The average molecular weight is 312 g/mol. The van der Waals surface area contributed by atoms with E-state index in [4.69, 9.17) is 5.14 Å². The third-order valence-electron chi connectivity index (χ3n) is 3.67. The number of hydrogen-bond acceptors (Lipinski definition) is 3. The molecule has 6 heteroatoms. The quantitative estimate of drug-likeness (QED) is 0.874. The van der Waals surface area contributed by atoms with Crippen LogP contribution in [-0.4, -0.2) is 32.3 Å². The summed E-state index contributed by atoms with van der Waals surface area (Å²) >= 11 is 0. The molecule has 0 bridgehead atoms. The van der Waals surface area contributed by atoms with Crippen molar-refractivity contribution in [3.8, 4) is 0 Å². The largest absolute Gasteiger partial charge is 0.339 e. The third-order valence-corrected chi connectivity index (χ3v) is 4.58. The molecule has 1 atom stereocenters. The van der Waals surface area contributed by atoms with E-state index in [9.17, 15) is 13.2 Å². The highest BCUT2D eigenvalue weighted by molar-refractivity contribution is 7.89. The molecular weight excluding hydrogens is 288 g/mol. The maximum absolute atomic E-state index is 12.6. The summed E-state index contributed by atoms with van der Waals surface area (Å²) in [6, 6.07) is 4.41. The molecule has 1 amide bonds. The Labute approximate surface area is 127 Å². The smallest absolute Gasteiger partial charge is 0.254 e. The van der Waals surface area contributed by atoms with Crippen LogP contribution in [0, 0.1) is 12.8 Å². The van der Waals surface area contributed by atoms with Crippen molar-refractivity contribution in [2.45, 2.75) is 39.0 Å². The molecule has 0 aromatic heterocycles. The summed E-state index contributed by atoms with van der Waals surface area (Å²) in [7, 11) is -3.81. The van der Waals surface area contributed by atoms with Crippen LogP contribution in [0.1, 0.15) is 43.1 Å². The molecule has 2 N–H and O–H groups in total. The van der Waals surface area contributed by atoms with Crippen LogP contribution >= 0.6 is 0 Å². The summed E-state index contributed by atoms with van der Waals surface area (Å²) in [6.45, 7) is 9.11. The number of sulfonamides is 1. The van der Waals surface area contributed by atoms with Gasteiger partial charge in [-0.15, -0.1) is 0 Å². The van der Waals surface area contributed by atoms with Crippen molar-refractivity contribution < 1.29 is 13.2 Å². The number of aryl methyl sites for hydroxylation is 1. The summed E-state index contributed by atoms with van der Waals surface area (Å²) in [5.74, 6) is 0.247. The molecule has 0 aliphatic carbocycles. The Kier molecular flexibility index (Phi) is 5.92. The highest BCUT2D eigenvalue weighted by Crippen LogP contribution is 2.17. The second-order valence-corrected chi connectivity index (χ2v) is 6.94. The predicted octanol–water partition coefficient (Wildman–Crippen LogP) is 2.15. The zero-order valence-corrected chi connectivity index (χ0v) is 13.9. The minimum Gasteiger partial charge on any atom is -0.339 e. The summed E-state index contributed by atoms with van der Waals surface area (Å²) in [5.41, 5.74) is 1.14. The second-order valence-electron chi connectivity index (χ2n) is 5.38. The van der Waals surface area contributed by atoms with Crippen molar-refractivity contribution in [3.63, 3.8) is 0 Å². The molecule has 1 unspecified atom stereocenters. The SMILES string of the molecule is CCC(C)CN(CC)C(=O)c1cc(S(N)(=O)=O)ccc1C. The zero-order valence-electron chi connectivity index (χ0n) is 13.1. The van der Waals surface area contributed by atoms with Crippen LogP contribution in [0.5, 0.6) is 0 Å². The van der Waals surface area contributed by atoms with Crippen LogP contribution in [0.2, 0.25) is 0 Å². The number of nitrogens with zero attached hydrogens (tertiary/aromatic N) is 1. The number of rotatable bonds is 6. The van der Waals surface area contributed by atoms with Crippen LogP contribution in [0.15, 0.2) is 23.1 Å². The van der Waals surface area contributed by atoms with Gasteiger partial charge in [0.2, 0.25) is 10.0 Å². The molecule has 1 rings (SSSR count). The van der Waals surface area contributed by atoms with Gasteiger partial charge in [-0.1, -0.05) is 26.3 Å². The monoisotopic (exact) mass is 312 g/mol. The molecule has 0 saturated carbocycles. The Morgan fingerprint density at radius 3 is 2.43 bits per heavy atom. The predicted molar refractivity (Wildman–Crippen MR) is 83.6 cm³/mol. The fourth-order valence-electron chi connectivity index (χ4n) is 2.04. The Morgan fingerprint density at radius 1 is 1.33 bits per heavy atom. The molecule has 0 heterocycles. The van der Waals surface area contributed by atoms with E-state index in [1.165, 1.54) is 12.1 Å². The standard InChI is InChI=1S/C15H24N2O3S/c1-5-11(3)10-17(6-2)15(18)14-9-13(21(16,19)20)8-7-12(14)4/h7-9,11H,5-6,10H2,1-4H3,(H2,16,19,20). The van der Waals surface area contributed by atoms with Gasteiger partial charge in [0.25, 0.3) is 5.91 Å². The number of hydrogen-bond donors (Lipinski definition) is 1. The van der Waals surface area contributed by atoms with Crippen LogP contribution < -0.4 is 5.14 Å². The molecular formula is C15H24N2O3S. The number of primary sulfonamides is 1. The van der Waals surface area contributed by atoms with Gasteiger partial charge in [-0.05, 0) is 37.5 Å². The van der Waals surface area contributed by atoms with Crippen molar-refractivity contribution in [2.75, 3.05) is 13.1 Å². The van der Waals surface area contributed by atoms with Gasteiger partial charge in [-0.3, -0.25) is 4.79 Å². The van der Waals surface area contributed by atoms with Gasteiger partial charge in [0.1, 0.15) is 0 Å². The van der Waals surface area contributed by atoms with E-state index < -0.39 is 10.0 Å². The average Bonchev–Trinajstić information content (AvgIpc) is 2.42. The number of benzene rings is 1. The molecule has 118 valence electrons. The van der Waals surface area contributed by atoms with Crippen molar-refractivity contribution in [3.05, 3.63) is 29.3 Å². The van der Waals surface area contributed by atoms with Crippen molar-refractivity contribution in [1.82, 2.24) is 4.90 Å². The van der Waals surface area contributed by atoms with E-state index in [2.05, 4.69) is 13.8 Å². The zero-order chi connectivity index (χ0) is 16.2. The fraction of sp³-hybridized carbons (Fsp3) is 0.533.